The smallest absolute Gasteiger partial charge is 0.344 e. The fraction of sp³-hybridized carbons (Fsp3) is 0.389. The van der Waals surface area contributed by atoms with E-state index >= 15 is 0 Å². The lowest BCUT2D eigenvalue weighted by atomic mass is 9.83. The van der Waals surface area contributed by atoms with Gasteiger partial charge >= 0.3 is 6.18 Å². The van der Waals surface area contributed by atoms with Gasteiger partial charge in [-0.1, -0.05) is 24.3 Å². The van der Waals surface area contributed by atoms with Crippen molar-refractivity contribution in [1.29, 1.82) is 0 Å². The summed E-state index contributed by atoms with van der Waals surface area (Å²) in [6, 6.07) is 6.52. The molecule has 140 valence electrons. The van der Waals surface area contributed by atoms with Crippen LogP contribution in [0, 0.1) is 6.92 Å². The van der Waals surface area contributed by atoms with Crippen LogP contribution in [0.5, 0.6) is 0 Å². The van der Waals surface area contributed by atoms with Crippen LogP contribution in [0.1, 0.15) is 54.3 Å². The number of H-pyrrole nitrogens is 1. The van der Waals surface area contributed by atoms with E-state index < -0.39 is 29.1 Å². The number of carbonyl (C=O) groups excluding carboxylic acids is 1. The Morgan fingerprint density at radius 1 is 1.19 bits per heavy atom. The lowest BCUT2D eigenvalue weighted by Gasteiger charge is -2.28. The van der Waals surface area contributed by atoms with Crippen molar-refractivity contribution in [3.63, 3.8) is 0 Å². The Labute approximate surface area is 148 Å². The first kappa shape index (κ1) is 19.7. The van der Waals surface area contributed by atoms with Gasteiger partial charge in [-0.3, -0.25) is 9.59 Å². The van der Waals surface area contributed by atoms with Gasteiger partial charge in [-0.2, -0.15) is 13.2 Å². The molecule has 2 N–H and O–H groups in total. The van der Waals surface area contributed by atoms with Gasteiger partial charge < -0.3 is 10.3 Å². The first-order chi connectivity index (χ1) is 11.9. The highest BCUT2D eigenvalue weighted by Crippen LogP contribution is 2.40. The van der Waals surface area contributed by atoms with Crippen LogP contribution in [0.25, 0.3) is 0 Å². The van der Waals surface area contributed by atoms with Crippen LogP contribution in [0.4, 0.5) is 13.2 Å². The van der Waals surface area contributed by atoms with Crippen LogP contribution < -0.4 is 10.9 Å². The molecule has 0 aliphatic rings. The Morgan fingerprint density at radius 3 is 2.27 bits per heavy atom. The van der Waals surface area contributed by atoms with Crippen molar-refractivity contribution in [2.75, 3.05) is 0 Å². The summed E-state index contributed by atoms with van der Waals surface area (Å²) in [7, 11) is 0. The van der Waals surface area contributed by atoms with E-state index in [1.807, 2.05) is 0 Å². The maximum atomic E-state index is 13.1. The van der Waals surface area contributed by atoms with Crippen molar-refractivity contribution < 1.29 is 18.0 Å². The summed E-state index contributed by atoms with van der Waals surface area (Å²) in [6.07, 6.45) is -4.36. The van der Waals surface area contributed by atoms with E-state index in [-0.39, 0.29) is 11.3 Å². The zero-order chi connectivity index (χ0) is 19.7. The van der Waals surface area contributed by atoms with Crippen molar-refractivity contribution in [2.45, 2.75) is 45.3 Å². The number of amides is 1. The molecule has 1 unspecified atom stereocenters. The number of halogens is 3. The molecule has 26 heavy (non-hydrogen) atoms. The molecule has 8 heteroatoms. The monoisotopic (exact) mass is 367 g/mol. The van der Waals surface area contributed by atoms with Crippen LogP contribution in [0.15, 0.2) is 35.1 Å². The SMILES string of the molecule is Cc1nc(C(=O)NC(C)c2ccc(C(C)(C)C(F)(F)F)cc2)cc(=O)[nH]1. The molecular formula is C18H20F3N3O2. The van der Waals surface area contributed by atoms with Crippen molar-refractivity contribution in [2.24, 2.45) is 0 Å². The molecule has 5 nitrogen and oxygen atoms in total. The molecule has 0 radical (unpaired) electrons. The van der Waals surface area contributed by atoms with Gasteiger partial charge in [-0.15, -0.1) is 0 Å². The minimum atomic E-state index is -4.36. The topological polar surface area (TPSA) is 74.8 Å². The zero-order valence-corrected chi connectivity index (χ0v) is 14.9. The molecule has 0 aliphatic carbocycles. The van der Waals surface area contributed by atoms with Gasteiger partial charge in [0, 0.05) is 6.07 Å². The van der Waals surface area contributed by atoms with E-state index in [1.165, 1.54) is 12.1 Å². The minimum Gasteiger partial charge on any atom is -0.344 e. The maximum absolute atomic E-state index is 13.1. The van der Waals surface area contributed by atoms with Crippen molar-refractivity contribution >= 4 is 5.91 Å². The molecule has 1 heterocycles. The number of rotatable bonds is 4. The van der Waals surface area contributed by atoms with E-state index in [0.29, 0.717) is 11.4 Å². The third-order valence-corrected chi connectivity index (χ3v) is 4.28. The first-order valence-electron chi connectivity index (χ1n) is 7.98. The molecule has 2 rings (SSSR count). The molecule has 0 aliphatic heterocycles. The Hall–Kier alpha value is -2.64. The summed E-state index contributed by atoms with van der Waals surface area (Å²) < 4.78 is 39.3. The molecule has 2 aromatic rings. The summed E-state index contributed by atoms with van der Waals surface area (Å²) >= 11 is 0. The summed E-state index contributed by atoms with van der Waals surface area (Å²) in [5.74, 6) is -0.222. The summed E-state index contributed by atoms with van der Waals surface area (Å²) in [6.45, 7) is 5.49. The van der Waals surface area contributed by atoms with Crippen molar-refractivity contribution in [3.05, 3.63) is 63.3 Å². The normalized spacial score (nSPS) is 13.3. The highest BCUT2D eigenvalue weighted by atomic mass is 19.4. The number of hydrogen-bond donors (Lipinski definition) is 2. The average Bonchev–Trinajstić information content (AvgIpc) is 2.52. The van der Waals surface area contributed by atoms with Gasteiger partial charge in [0.2, 0.25) is 0 Å². The Bertz CT molecular complexity index is 855. The highest BCUT2D eigenvalue weighted by Gasteiger charge is 2.48. The van der Waals surface area contributed by atoms with Crippen molar-refractivity contribution in [3.8, 4) is 0 Å². The largest absolute Gasteiger partial charge is 0.397 e. The molecule has 0 bridgehead atoms. The Balaban J connectivity index is 2.16. The molecule has 0 saturated carbocycles. The minimum absolute atomic E-state index is 0.0204. The van der Waals surface area contributed by atoms with E-state index in [0.717, 1.165) is 19.9 Å². The standard InChI is InChI=1S/C18H20F3N3O2/c1-10(22-16(26)14-9-15(25)24-11(2)23-14)12-5-7-13(8-6-12)17(3,4)18(19,20)21/h5-10H,1-4H3,(H,22,26)(H,23,24,25). The number of aryl methyl sites for hydroxylation is 1. The second kappa shape index (κ2) is 6.93. The number of nitrogens with zero attached hydrogens (tertiary/aromatic N) is 1. The number of aromatic nitrogens is 2. The predicted molar refractivity (Wildman–Crippen MR) is 91.0 cm³/mol. The number of hydrogen-bond acceptors (Lipinski definition) is 3. The quantitative estimate of drug-likeness (QED) is 0.870. The third-order valence-electron chi connectivity index (χ3n) is 4.28. The molecule has 1 aromatic heterocycles. The van der Waals surface area contributed by atoms with Gasteiger partial charge in [-0.05, 0) is 38.8 Å². The summed E-state index contributed by atoms with van der Waals surface area (Å²) in [5, 5.41) is 2.68. The van der Waals surface area contributed by atoms with Gasteiger partial charge in [0.05, 0.1) is 11.5 Å². The van der Waals surface area contributed by atoms with E-state index in [4.69, 9.17) is 0 Å². The van der Waals surface area contributed by atoms with E-state index in [1.54, 1.807) is 26.0 Å². The number of nitrogens with one attached hydrogen (secondary N) is 2. The third kappa shape index (κ3) is 4.12. The fourth-order valence-electron chi connectivity index (χ4n) is 2.40. The highest BCUT2D eigenvalue weighted by molar-refractivity contribution is 5.92. The van der Waals surface area contributed by atoms with Gasteiger partial charge in [0.1, 0.15) is 11.5 Å². The first-order valence-corrected chi connectivity index (χ1v) is 7.98. The zero-order valence-electron chi connectivity index (χ0n) is 14.9. The molecular weight excluding hydrogens is 347 g/mol. The molecule has 0 fully saturated rings. The number of benzene rings is 1. The lowest BCUT2D eigenvalue weighted by Crippen LogP contribution is -2.36. The van der Waals surface area contributed by atoms with E-state index in [9.17, 15) is 22.8 Å². The lowest BCUT2D eigenvalue weighted by molar-refractivity contribution is -0.180. The van der Waals surface area contributed by atoms with Crippen LogP contribution >= 0.6 is 0 Å². The van der Waals surface area contributed by atoms with Crippen LogP contribution in [0.3, 0.4) is 0 Å². The predicted octanol–water partition coefficient (Wildman–Crippen LogP) is 3.41. The Morgan fingerprint density at radius 2 is 1.77 bits per heavy atom. The van der Waals surface area contributed by atoms with Gasteiger partial charge in [0.15, 0.2) is 0 Å². The molecule has 1 atom stereocenters. The van der Waals surface area contributed by atoms with Crippen LogP contribution in [0.2, 0.25) is 0 Å². The summed E-state index contributed by atoms with van der Waals surface area (Å²) in [4.78, 5) is 30.0. The molecule has 1 amide bonds. The van der Waals surface area contributed by atoms with Gasteiger partial charge in [0.25, 0.3) is 11.5 Å². The fourth-order valence-corrected chi connectivity index (χ4v) is 2.40. The van der Waals surface area contributed by atoms with Gasteiger partial charge in [-0.25, -0.2) is 4.98 Å². The second-order valence-electron chi connectivity index (χ2n) is 6.66. The molecule has 0 saturated heterocycles. The summed E-state index contributed by atoms with van der Waals surface area (Å²) in [5.41, 5.74) is -1.65. The average molecular weight is 367 g/mol. The molecule has 0 spiro atoms. The maximum Gasteiger partial charge on any atom is 0.397 e. The van der Waals surface area contributed by atoms with E-state index in [2.05, 4.69) is 15.3 Å². The Kier molecular flexibility index (Phi) is 5.25. The number of carbonyl (C=O) groups is 1. The van der Waals surface area contributed by atoms with Crippen LogP contribution in [-0.2, 0) is 5.41 Å². The number of aromatic amines is 1. The number of alkyl halides is 3. The second-order valence-corrected chi connectivity index (χ2v) is 6.66. The van der Waals surface area contributed by atoms with Crippen molar-refractivity contribution in [1.82, 2.24) is 15.3 Å². The molecule has 1 aromatic carbocycles. The van der Waals surface area contributed by atoms with Crippen LogP contribution in [-0.4, -0.2) is 22.1 Å².